The van der Waals surface area contributed by atoms with Gasteiger partial charge in [-0.15, -0.1) is 0 Å². The Hall–Kier alpha value is -3.03. The molecule has 4 heterocycles. The molecule has 0 fully saturated rings. The third kappa shape index (κ3) is 2.28. The van der Waals surface area contributed by atoms with Crippen LogP contribution in [0.15, 0.2) is 29.1 Å². The first-order valence-electron chi connectivity index (χ1n) is 10.8. The van der Waals surface area contributed by atoms with Crippen molar-refractivity contribution in [2.45, 2.75) is 51.0 Å². The van der Waals surface area contributed by atoms with Crippen LogP contribution in [0.2, 0.25) is 0 Å². The normalized spacial score (nSPS) is 23.3. The molecule has 0 saturated heterocycles. The van der Waals surface area contributed by atoms with E-state index in [1.807, 2.05) is 19.2 Å². The summed E-state index contributed by atoms with van der Waals surface area (Å²) in [6, 6.07) is 8.16. The smallest absolute Gasteiger partial charge is 0.343 e. The molecule has 6 rings (SSSR count). The predicted octanol–water partition coefficient (Wildman–Crippen LogP) is 2.29. The van der Waals surface area contributed by atoms with Gasteiger partial charge in [0.05, 0.1) is 29.0 Å². The zero-order chi connectivity index (χ0) is 21.5. The molecule has 1 aliphatic carbocycles. The van der Waals surface area contributed by atoms with Crippen LogP contribution in [0.3, 0.4) is 0 Å². The SMILES string of the molecule is CC[C@@]1(O)C(=O)OCc2c1cc1n(c2=O)Cc2c-1nc1cccc3c1c2C(NC)CC3. The van der Waals surface area contributed by atoms with E-state index in [4.69, 9.17) is 9.72 Å². The van der Waals surface area contributed by atoms with Gasteiger partial charge in [-0.1, -0.05) is 19.1 Å². The molecule has 2 aromatic heterocycles. The first kappa shape index (κ1) is 18.7. The van der Waals surface area contributed by atoms with E-state index < -0.39 is 11.6 Å². The van der Waals surface area contributed by atoms with E-state index in [2.05, 4.69) is 11.4 Å². The van der Waals surface area contributed by atoms with E-state index in [1.165, 1.54) is 16.5 Å². The zero-order valence-corrected chi connectivity index (χ0v) is 17.5. The van der Waals surface area contributed by atoms with Gasteiger partial charge in [-0.25, -0.2) is 9.78 Å². The lowest BCUT2D eigenvalue weighted by Crippen LogP contribution is -2.44. The second-order valence-electron chi connectivity index (χ2n) is 8.65. The summed E-state index contributed by atoms with van der Waals surface area (Å²) >= 11 is 0. The van der Waals surface area contributed by atoms with Crippen molar-refractivity contribution in [2.24, 2.45) is 0 Å². The van der Waals surface area contributed by atoms with Gasteiger partial charge in [0.2, 0.25) is 0 Å². The van der Waals surface area contributed by atoms with Gasteiger partial charge < -0.3 is 19.7 Å². The quantitative estimate of drug-likeness (QED) is 0.486. The number of aromatic nitrogens is 2. The summed E-state index contributed by atoms with van der Waals surface area (Å²) in [6.45, 7) is 2.03. The maximum Gasteiger partial charge on any atom is 0.343 e. The highest BCUT2D eigenvalue weighted by molar-refractivity contribution is 5.92. The van der Waals surface area contributed by atoms with Crippen molar-refractivity contribution in [1.29, 1.82) is 0 Å². The Labute approximate surface area is 178 Å². The lowest BCUT2D eigenvalue weighted by Gasteiger charge is -2.31. The number of nitrogens with one attached hydrogen (secondary N) is 1. The van der Waals surface area contributed by atoms with Gasteiger partial charge >= 0.3 is 5.97 Å². The summed E-state index contributed by atoms with van der Waals surface area (Å²) in [5, 5.41) is 15.7. The van der Waals surface area contributed by atoms with Crippen molar-refractivity contribution >= 4 is 16.9 Å². The lowest BCUT2D eigenvalue weighted by molar-refractivity contribution is -0.172. The van der Waals surface area contributed by atoms with E-state index in [1.54, 1.807) is 17.6 Å². The monoisotopic (exact) mass is 417 g/mol. The molecule has 0 saturated carbocycles. The predicted molar refractivity (Wildman–Crippen MR) is 115 cm³/mol. The topological polar surface area (TPSA) is 93.5 Å². The van der Waals surface area contributed by atoms with Gasteiger partial charge in [-0.3, -0.25) is 4.79 Å². The van der Waals surface area contributed by atoms with Crippen molar-refractivity contribution in [3.8, 4) is 11.4 Å². The first-order chi connectivity index (χ1) is 15.0. The number of benzene rings is 1. The second kappa shape index (κ2) is 6.24. The Morgan fingerprint density at radius 2 is 2.16 bits per heavy atom. The van der Waals surface area contributed by atoms with Crippen molar-refractivity contribution < 1.29 is 14.6 Å². The minimum atomic E-state index is -1.81. The summed E-state index contributed by atoms with van der Waals surface area (Å²) in [7, 11) is 1.97. The van der Waals surface area contributed by atoms with E-state index >= 15 is 0 Å². The zero-order valence-electron chi connectivity index (χ0n) is 17.5. The standard InChI is InChI=1S/C24H23N3O4/c1-3-24(30)15-9-18-21-13(10-27(18)22(28)14(15)11-31-23(24)29)20-16(25-2)8-7-12-5-4-6-17(26-21)19(12)20/h4-6,9,16,25,30H,3,7-8,10-11H2,1-2H3/t16?,24-/m0/s1. The maximum atomic E-state index is 13.4. The minimum Gasteiger partial charge on any atom is -0.458 e. The molecule has 0 amide bonds. The first-order valence-corrected chi connectivity index (χ1v) is 10.8. The molecule has 158 valence electrons. The van der Waals surface area contributed by atoms with Crippen molar-refractivity contribution in [1.82, 2.24) is 14.9 Å². The largest absolute Gasteiger partial charge is 0.458 e. The molecule has 0 radical (unpaired) electrons. The van der Waals surface area contributed by atoms with Crippen LogP contribution in [0, 0.1) is 0 Å². The molecule has 7 nitrogen and oxygen atoms in total. The Balaban J connectivity index is 1.68. The molecule has 2 N–H and O–H groups in total. The molecular weight excluding hydrogens is 394 g/mol. The van der Waals surface area contributed by atoms with Crippen LogP contribution in [-0.2, 0) is 34.7 Å². The average molecular weight is 417 g/mol. The molecule has 0 spiro atoms. The number of esters is 1. The van der Waals surface area contributed by atoms with Crippen LogP contribution < -0.4 is 10.9 Å². The van der Waals surface area contributed by atoms with Gasteiger partial charge in [0.15, 0.2) is 5.60 Å². The summed E-state index contributed by atoms with van der Waals surface area (Å²) in [4.78, 5) is 30.8. The highest BCUT2D eigenvalue weighted by atomic mass is 16.6. The molecule has 31 heavy (non-hydrogen) atoms. The fraction of sp³-hybridized carbons (Fsp3) is 0.375. The fourth-order valence-corrected chi connectivity index (χ4v) is 5.57. The number of hydrogen-bond acceptors (Lipinski definition) is 6. The molecule has 0 bridgehead atoms. The average Bonchev–Trinajstić information content (AvgIpc) is 3.16. The summed E-state index contributed by atoms with van der Waals surface area (Å²) < 4.78 is 6.88. The highest BCUT2D eigenvalue weighted by Gasteiger charge is 2.45. The van der Waals surface area contributed by atoms with E-state index in [0.717, 1.165) is 29.6 Å². The lowest BCUT2D eigenvalue weighted by atomic mass is 9.83. The van der Waals surface area contributed by atoms with Gasteiger partial charge in [0, 0.05) is 22.6 Å². The number of ether oxygens (including phenoxy) is 1. The second-order valence-corrected chi connectivity index (χ2v) is 8.65. The van der Waals surface area contributed by atoms with Crippen LogP contribution in [-0.4, -0.2) is 27.7 Å². The van der Waals surface area contributed by atoms with Crippen molar-refractivity contribution in [3.05, 3.63) is 62.4 Å². The number of aryl methyl sites for hydroxylation is 1. The number of rotatable bonds is 2. The Kier molecular flexibility index (Phi) is 3.77. The summed E-state index contributed by atoms with van der Waals surface area (Å²) in [6.07, 6.45) is 2.11. The highest BCUT2D eigenvalue weighted by Crippen LogP contribution is 2.44. The molecular formula is C24H23N3O4. The molecule has 2 atom stereocenters. The van der Waals surface area contributed by atoms with E-state index in [9.17, 15) is 14.7 Å². The van der Waals surface area contributed by atoms with Crippen molar-refractivity contribution in [3.63, 3.8) is 0 Å². The number of pyridine rings is 2. The number of carbonyl (C=O) groups is 1. The Bertz CT molecular complexity index is 1360. The number of hydrogen-bond donors (Lipinski definition) is 2. The molecule has 1 unspecified atom stereocenters. The van der Waals surface area contributed by atoms with Crippen LogP contribution in [0.5, 0.6) is 0 Å². The third-order valence-corrected chi connectivity index (χ3v) is 7.24. The molecule has 2 aliphatic heterocycles. The van der Waals surface area contributed by atoms with Gasteiger partial charge in [-0.05, 0) is 49.6 Å². The maximum absolute atomic E-state index is 13.4. The van der Waals surface area contributed by atoms with Crippen LogP contribution in [0.25, 0.3) is 22.3 Å². The van der Waals surface area contributed by atoms with Crippen molar-refractivity contribution in [2.75, 3.05) is 7.05 Å². The van der Waals surface area contributed by atoms with E-state index in [-0.39, 0.29) is 24.6 Å². The summed E-state index contributed by atoms with van der Waals surface area (Å²) in [5.74, 6) is -0.702. The summed E-state index contributed by atoms with van der Waals surface area (Å²) in [5.41, 5.74) is 4.55. The van der Waals surface area contributed by atoms with Crippen LogP contribution >= 0.6 is 0 Å². The van der Waals surface area contributed by atoms with Crippen LogP contribution in [0.4, 0.5) is 0 Å². The van der Waals surface area contributed by atoms with E-state index in [0.29, 0.717) is 23.4 Å². The van der Waals surface area contributed by atoms with Gasteiger partial charge in [0.1, 0.15) is 6.61 Å². The van der Waals surface area contributed by atoms with Gasteiger partial charge in [0.25, 0.3) is 5.56 Å². The molecule has 7 heteroatoms. The fourth-order valence-electron chi connectivity index (χ4n) is 5.57. The molecule has 1 aromatic carbocycles. The third-order valence-electron chi connectivity index (χ3n) is 7.24. The van der Waals surface area contributed by atoms with Gasteiger partial charge in [-0.2, -0.15) is 0 Å². The van der Waals surface area contributed by atoms with Crippen LogP contribution in [0.1, 0.15) is 53.6 Å². The number of fused-ring (bicyclic) bond motifs is 5. The Morgan fingerprint density at radius 1 is 1.32 bits per heavy atom. The number of carbonyl (C=O) groups excluding carboxylic acids is 1. The number of aliphatic hydroxyl groups is 1. The number of cyclic esters (lactones) is 1. The minimum absolute atomic E-state index is 0.114. The number of nitrogens with zero attached hydrogens (tertiary/aromatic N) is 2. The Morgan fingerprint density at radius 3 is 2.94 bits per heavy atom. The molecule has 3 aromatic rings. The molecule has 3 aliphatic rings.